The van der Waals surface area contributed by atoms with Crippen LogP contribution in [0.15, 0.2) is 42.6 Å². The fourth-order valence-electron chi connectivity index (χ4n) is 1.43. The molecule has 0 atom stereocenters. The van der Waals surface area contributed by atoms with Gasteiger partial charge < -0.3 is 0 Å². The number of nitrogens with one attached hydrogen (secondary N) is 1. The number of rotatable bonds is 2. The van der Waals surface area contributed by atoms with Crippen molar-refractivity contribution in [2.75, 3.05) is 0 Å². The van der Waals surface area contributed by atoms with E-state index in [-0.39, 0.29) is 5.91 Å². The molecule has 0 aliphatic carbocycles. The standard InChI is InChI=1S/C12H10ClN3O/c13-10-3-1-8(2-4-10)11-7-9(5-6-15-11)12(17)16-14/h1-7H,14H2,(H,16,17). The maximum Gasteiger partial charge on any atom is 0.265 e. The van der Waals surface area contributed by atoms with Crippen molar-refractivity contribution in [2.45, 2.75) is 0 Å². The highest BCUT2D eigenvalue weighted by atomic mass is 35.5. The van der Waals surface area contributed by atoms with Crippen molar-refractivity contribution < 1.29 is 4.79 Å². The second-order valence-electron chi connectivity index (χ2n) is 3.41. The molecule has 1 aromatic heterocycles. The van der Waals surface area contributed by atoms with Crippen molar-refractivity contribution in [1.29, 1.82) is 0 Å². The number of nitrogens with zero attached hydrogens (tertiary/aromatic N) is 1. The largest absolute Gasteiger partial charge is 0.290 e. The predicted molar refractivity (Wildman–Crippen MR) is 66.3 cm³/mol. The first-order chi connectivity index (χ1) is 8.20. The minimum atomic E-state index is -0.345. The fraction of sp³-hybridized carbons (Fsp3) is 0. The summed E-state index contributed by atoms with van der Waals surface area (Å²) in [7, 11) is 0. The van der Waals surface area contributed by atoms with E-state index in [4.69, 9.17) is 17.4 Å². The van der Waals surface area contributed by atoms with Crippen molar-refractivity contribution in [2.24, 2.45) is 5.84 Å². The number of pyridine rings is 1. The maximum absolute atomic E-state index is 11.4. The quantitative estimate of drug-likeness (QED) is 0.485. The molecule has 0 aliphatic heterocycles. The molecule has 0 saturated carbocycles. The summed E-state index contributed by atoms with van der Waals surface area (Å²) in [4.78, 5) is 15.6. The zero-order valence-corrected chi connectivity index (χ0v) is 9.61. The van der Waals surface area contributed by atoms with Gasteiger partial charge >= 0.3 is 0 Å². The highest BCUT2D eigenvalue weighted by molar-refractivity contribution is 6.30. The Balaban J connectivity index is 2.39. The molecule has 0 unspecified atom stereocenters. The normalized spacial score (nSPS) is 10.0. The Bertz CT molecular complexity index is 540. The van der Waals surface area contributed by atoms with Gasteiger partial charge in [-0.2, -0.15) is 0 Å². The van der Waals surface area contributed by atoms with E-state index in [0.29, 0.717) is 16.3 Å². The zero-order chi connectivity index (χ0) is 12.3. The van der Waals surface area contributed by atoms with Gasteiger partial charge in [0.25, 0.3) is 5.91 Å². The van der Waals surface area contributed by atoms with Crippen LogP contribution in [0.25, 0.3) is 11.3 Å². The second-order valence-corrected chi connectivity index (χ2v) is 3.85. The number of hydrogen-bond acceptors (Lipinski definition) is 3. The highest BCUT2D eigenvalue weighted by Gasteiger charge is 2.06. The molecule has 17 heavy (non-hydrogen) atoms. The molecule has 5 heteroatoms. The SMILES string of the molecule is NNC(=O)c1ccnc(-c2ccc(Cl)cc2)c1. The molecule has 1 amide bonds. The van der Waals surface area contributed by atoms with Crippen LogP contribution >= 0.6 is 11.6 Å². The summed E-state index contributed by atoms with van der Waals surface area (Å²) in [5.41, 5.74) is 4.13. The number of hydrazine groups is 1. The van der Waals surface area contributed by atoms with E-state index in [0.717, 1.165) is 5.56 Å². The van der Waals surface area contributed by atoms with Crippen LogP contribution in [0.5, 0.6) is 0 Å². The van der Waals surface area contributed by atoms with Gasteiger partial charge in [-0.15, -0.1) is 0 Å². The van der Waals surface area contributed by atoms with Crippen molar-refractivity contribution in [3.63, 3.8) is 0 Å². The van der Waals surface area contributed by atoms with Crippen molar-refractivity contribution >= 4 is 17.5 Å². The maximum atomic E-state index is 11.4. The van der Waals surface area contributed by atoms with Gasteiger partial charge in [0.1, 0.15) is 0 Å². The summed E-state index contributed by atoms with van der Waals surface area (Å²) in [5.74, 6) is 4.73. The average Bonchev–Trinajstić information content (AvgIpc) is 2.39. The van der Waals surface area contributed by atoms with E-state index in [1.165, 1.54) is 0 Å². The lowest BCUT2D eigenvalue weighted by atomic mass is 10.1. The first kappa shape index (κ1) is 11.6. The van der Waals surface area contributed by atoms with Crippen molar-refractivity contribution in [1.82, 2.24) is 10.4 Å². The molecule has 0 aliphatic rings. The monoisotopic (exact) mass is 247 g/mol. The van der Waals surface area contributed by atoms with Gasteiger partial charge in [0.2, 0.25) is 0 Å². The summed E-state index contributed by atoms with van der Waals surface area (Å²) < 4.78 is 0. The molecule has 0 spiro atoms. The number of hydrogen-bond donors (Lipinski definition) is 2. The Labute approximate surface area is 103 Å². The summed E-state index contributed by atoms with van der Waals surface area (Å²) >= 11 is 5.80. The molecular formula is C12H10ClN3O. The number of nitrogen functional groups attached to an aromatic ring is 1. The molecule has 0 bridgehead atoms. The molecule has 3 N–H and O–H groups in total. The highest BCUT2D eigenvalue weighted by Crippen LogP contribution is 2.20. The summed E-state index contributed by atoms with van der Waals surface area (Å²) in [6.07, 6.45) is 1.56. The van der Waals surface area contributed by atoms with Crippen LogP contribution in [0.4, 0.5) is 0 Å². The number of aromatic nitrogens is 1. The first-order valence-electron chi connectivity index (χ1n) is 4.93. The van der Waals surface area contributed by atoms with Gasteiger partial charge in [0, 0.05) is 22.3 Å². The number of nitrogens with two attached hydrogens (primary N) is 1. The lowest BCUT2D eigenvalue weighted by Gasteiger charge is -2.03. The lowest BCUT2D eigenvalue weighted by molar-refractivity contribution is 0.0953. The number of carbonyl (C=O) groups is 1. The van der Waals surface area contributed by atoms with Crippen LogP contribution in [0, 0.1) is 0 Å². The second kappa shape index (κ2) is 4.95. The first-order valence-corrected chi connectivity index (χ1v) is 5.31. The third-order valence-electron chi connectivity index (χ3n) is 2.29. The minimum absolute atomic E-state index is 0.345. The molecule has 2 aromatic rings. The molecule has 1 aromatic carbocycles. The number of halogens is 1. The topological polar surface area (TPSA) is 68.0 Å². The molecule has 4 nitrogen and oxygen atoms in total. The molecule has 0 fully saturated rings. The summed E-state index contributed by atoms with van der Waals surface area (Å²) in [5, 5.41) is 0.657. The summed E-state index contributed by atoms with van der Waals surface area (Å²) in [6.45, 7) is 0. The number of amides is 1. The Morgan fingerprint density at radius 1 is 1.24 bits per heavy atom. The van der Waals surface area contributed by atoms with E-state index in [2.05, 4.69) is 10.4 Å². The van der Waals surface area contributed by atoms with Crippen LogP contribution in [0.3, 0.4) is 0 Å². The zero-order valence-electron chi connectivity index (χ0n) is 8.85. The van der Waals surface area contributed by atoms with Gasteiger partial charge in [-0.05, 0) is 24.3 Å². The van der Waals surface area contributed by atoms with Crippen LogP contribution in [-0.4, -0.2) is 10.9 Å². The van der Waals surface area contributed by atoms with Crippen LogP contribution in [0.2, 0.25) is 5.02 Å². The Kier molecular flexibility index (Phi) is 3.37. The number of benzene rings is 1. The summed E-state index contributed by atoms with van der Waals surface area (Å²) in [6, 6.07) is 10.5. The molecule has 86 valence electrons. The van der Waals surface area contributed by atoms with Crippen molar-refractivity contribution in [3.8, 4) is 11.3 Å². The minimum Gasteiger partial charge on any atom is -0.290 e. The Morgan fingerprint density at radius 3 is 2.59 bits per heavy atom. The van der Waals surface area contributed by atoms with E-state index in [9.17, 15) is 4.79 Å². The molecule has 0 saturated heterocycles. The smallest absolute Gasteiger partial charge is 0.265 e. The van der Waals surface area contributed by atoms with Crippen LogP contribution < -0.4 is 11.3 Å². The van der Waals surface area contributed by atoms with E-state index < -0.39 is 0 Å². The third kappa shape index (κ3) is 2.61. The van der Waals surface area contributed by atoms with Gasteiger partial charge in [-0.25, -0.2) is 5.84 Å². The predicted octanol–water partition coefficient (Wildman–Crippen LogP) is 2.01. The average molecular weight is 248 g/mol. The van der Waals surface area contributed by atoms with Crippen LogP contribution in [-0.2, 0) is 0 Å². The number of carbonyl (C=O) groups excluding carboxylic acids is 1. The van der Waals surface area contributed by atoms with E-state index in [1.54, 1.807) is 30.5 Å². The van der Waals surface area contributed by atoms with E-state index >= 15 is 0 Å². The van der Waals surface area contributed by atoms with Gasteiger partial charge in [-0.1, -0.05) is 23.7 Å². The van der Waals surface area contributed by atoms with Crippen LogP contribution in [0.1, 0.15) is 10.4 Å². The van der Waals surface area contributed by atoms with Crippen molar-refractivity contribution in [3.05, 3.63) is 53.2 Å². The Hall–Kier alpha value is -1.91. The molecule has 0 radical (unpaired) electrons. The molecular weight excluding hydrogens is 238 g/mol. The lowest BCUT2D eigenvalue weighted by Crippen LogP contribution is -2.29. The van der Waals surface area contributed by atoms with Gasteiger partial charge in [-0.3, -0.25) is 15.2 Å². The molecule has 2 rings (SSSR count). The van der Waals surface area contributed by atoms with Gasteiger partial charge in [0.15, 0.2) is 0 Å². The Morgan fingerprint density at radius 2 is 1.94 bits per heavy atom. The van der Waals surface area contributed by atoms with Gasteiger partial charge in [0.05, 0.1) is 5.69 Å². The molecule has 1 heterocycles. The third-order valence-corrected chi connectivity index (χ3v) is 2.55. The fourth-order valence-corrected chi connectivity index (χ4v) is 1.56. The van der Waals surface area contributed by atoms with E-state index in [1.807, 2.05) is 12.1 Å².